The number of rotatable bonds is 4. The Morgan fingerprint density at radius 3 is 2.57 bits per heavy atom. The number of aryl methyl sites for hydroxylation is 1. The van der Waals surface area contributed by atoms with Gasteiger partial charge in [0.1, 0.15) is 5.82 Å². The van der Waals surface area contributed by atoms with Crippen molar-refractivity contribution in [2.45, 2.75) is 13.8 Å². The molecular weight excluding hydrogens is 401 g/mol. The Morgan fingerprint density at radius 2 is 1.90 bits per heavy atom. The lowest BCUT2D eigenvalue weighted by atomic mass is 10.1. The van der Waals surface area contributed by atoms with Gasteiger partial charge in [0.15, 0.2) is 5.17 Å². The first kappa shape index (κ1) is 20.6. The average molecular weight is 426 g/mol. The summed E-state index contributed by atoms with van der Waals surface area (Å²) < 4.78 is 18.6. The highest BCUT2D eigenvalue weighted by atomic mass is 32.2. The van der Waals surface area contributed by atoms with E-state index in [0.29, 0.717) is 22.3 Å². The molecule has 2 aromatic rings. The van der Waals surface area contributed by atoms with Gasteiger partial charge >= 0.3 is 0 Å². The van der Waals surface area contributed by atoms with Gasteiger partial charge in [-0.05, 0) is 79.2 Å². The molecule has 0 N–H and O–H groups in total. The Kier molecular flexibility index (Phi) is 6.20. The van der Waals surface area contributed by atoms with Crippen molar-refractivity contribution in [2.75, 3.05) is 37.7 Å². The second-order valence-electron chi connectivity index (χ2n) is 7.18. The van der Waals surface area contributed by atoms with Crippen LogP contribution in [0.5, 0.6) is 0 Å². The fourth-order valence-electron chi connectivity index (χ4n) is 3.58. The first-order valence-corrected chi connectivity index (χ1v) is 10.9. The fourth-order valence-corrected chi connectivity index (χ4v) is 4.64. The maximum Gasteiger partial charge on any atom is 0.266 e. The maximum absolute atomic E-state index is 13.2. The Labute approximate surface area is 180 Å². The zero-order valence-corrected chi connectivity index (χ0v) is 17.9. The van der Waals surface area contributed by atoms with Crippen molar-refractivity contribution in [1.29, 1.82) is 0 Å². The van der Waals surface area contributed by atoms with Gasteiger partial charge in [0.05, 0.1) is 23.8 Å². The topological polar surface area (TPSA) is 45.1 Å². The third kappa shape index (κ3) is 4.42. The highest BCUT2D eigenvalue weighted by Gasteiger charge is 2.32. The Morgan fingerprint density at radius 1 is 1.17 bits per heavy atom. The van der Waals surface area contributed by atoms with E-state index in [-0.39, 0.29) is 11.7 Å². The minimum atomic E-state index is -0.307. The van der Waals surface area contributed by atoms with E-state index in [1.165, 1.54) is 35.1 Å². The van der Waals surface area contributed by atoms with Crippen LogP contribution in [-0.4, -0.2) is 48.8 Å². The monoisotopic (exact) mass is 425 g/mol. The summed E-state index contributed by atoms with van der Waals surface area (Å²) in [5.41, 5.74) is 3.99. The lowest BCUT2D eigenvalue weighted by molar-refractivity contribution is -0.122. The second-order valence-corrected chi connectivity index (χ2v) is 8.19. The summed E-state index contributed by atoms with van der Waals surface area (Å²) in [4.78, 5) is 22.0. The van der Waals surface area contributed by atoms with E-state index in [2.05, 4.69) is 28.9 Å². The largest absolute Gasteiger partial charge is 0.378 e. The van der Waals surface area contributed by atoms with Crippen molar-refractivity contribution >= 4 is 40.3 Å². The normalized spacial score (nSPS) is 19.9. The molecule has 0 aromatic heterocycles. The third-order valence-corrected chi connectivity index (χ3v) is 6.13. The molecular formula is C23H24FN3O2S. The van der Waals surface area contributed by atoms with Gasteiger partial charge in [-0.1, -0.05) is 6.07 Å². The minimum Gasteiger partial charge on any atom is -0.378 e. The maximum atomic E-state index is 13.2. The van der Waals surface area contributed by atoms with Crippen molar-refractivity contribution in [3.8, 4) is 0 Å². The Hall–Kier alpha value is -2.64. The molecule has 0 unspecified atom stereocenters. The van der Waals surface area contributed by atoms with Crippen molar-refractivity contribution in [2.24, 2.45) is 4.99 Å². The minimum absolute atomic E-state index is 0.0572. The number of ether oxygens (including phenoxy) is 1. The number of carbonyl (C=O) groups is 1. The van der Waals surface area contributed by atoms with Crippen LogP contribution in [0.4, 0.5) is 15.8 Å². The van der Waals surface area contributed by atoms with Gasteiger partial charge in [0, 0.05) is 25.3 Å². The van der Waals surface area contributed by atoms with Gasteiger partial charge in [-0.15, -0.1) is 0 Å². The number of carbonyl (C=O) groups excluding carboxylic acids is 1. The SMILES string of the molecule is CCN1C(=O)/C(=C\c2ccc(N3CCOCC3)c(C)c2)SC1=Nc1ccc(F)cc1. The molecule has 2 aromatic carbocycles. The fraction of sp³-hybridized carbons (Fsp3) is 0.304. The number of morpholine rings is 1. The molecule has 2 saturated heterocycles. The first-order valence-electron chi connectivity index (χ1n) is 10.0. The van der Waals surface area contributed by atoms with Crippen LogP contribution in [0.1, 0.15) is 18.1 Å². The molecule has 0 spiro atoms. The van der Waals surface area contributed by atoms with E-state index in [4.69, 9.17) is 4.74 Å². The number of anilines is 1. The summed E-state index contributed by atoms with van der Waals surface area (Å²) in [5, 5.41) is 0.613. The van der Waals surface area contributed by atoms with Crippen LogP contribution >= 0.6 is 11.8 Å². The molecule has 0 radical (unpaired) electrons. The van der Waals surface area contributed by atoms with Gasteiger partial charge in [0.2, 0.25) is 0 Å². The van der Waals surface area contributed by atoms with Crippen molar-refractivity contribution in [3.05, 3.63) is 64.3 Å². The van der Waals surface area contributed by atoms with Crippen LogP contribution in [0.15, 0.2) is 52.4 Å². The van der Waals surface area contributed by atoms with Crippen LogP contribution in [0.25, 0.3) is 6.08 Å². The number of thioether (sulfide) groups is 1. The Bertz CT molecular complexity index is 998. The van der Waals surface area contributed by atoms with E-state index in [9.17, 15) is 9.18 Å². The van der Waals surface area contributed by atoms with E-state index in [1.54, 1.807) is 17.0 Å². The molecule has 0 saturated carbocycles. The van der Waals surface area contributed by atoms with Crippen LogP contribution in [-0.2, 0) is 9.53 Å². The van der Waals surface area contributed by atoms with Crippen molar-refractivity contribution < 1.29 is 13.9 Å². The second kappa shape index (κ2) is 9.02. The standard InChI is InChI=1S/C23H24FN3O2S/c1-3-27-22(28)21(30-23(27)25-19-7-5-18(24)6-8-19)15-17-4-9-20(16(2)14-17)26-10-12-29-13-11-26/h4-9,14-15H,3,10-13H2,1-2H3/b21-15+,25-23?. The summed E-state index contributed by atoms with van der Waals surface area (Å²) in [6.07, 6.45) is 1.92. The van der Waals surface area contributed by atoms with Crippen LogP contribution < -0.4 is 4.90 Å². The molecule has 0 bridgehead atoms. The molecule has 2 heterocycles. The summed E-state index contributed by atoms with van der Waals surface area (Å²) in [5.74, 6) is -0.365. The summed E-state index contributed by atoms with van der Waals surface area (Å²) in [7, 11) is 0. The highest BCUT2D eigenvalue weighted by molar-refractivity contribution is 8.18. The first-order chi connectivity index (χ1) is 14.5. The number of amides is 1. The zero-order chi connectivity index (χ0) is 21.1. The average Bonchev–Trinajstić information content (AvgIpc) is 3.04. The summed E-state index contributed by atoms with van der Waals surface area (Å²) in [6, 6.07) is 12.2. The predicted octanol–water partition coefficient (Wildman–Crippen LogP) is 4.59. The lowest BCUT2D eigenvalue weighted by Gasteiger charge is -2.30. The van der Waals surface area contributed by atoms with Crippen LogP contribution in [0.2, 0.25) is 0 Å². The molecule has 2 fully saturated rings. The molecule has 2 aliphatic rings. The summed E-state index contributed by atoms with van der Waals surface area (Å²) in [6.45, 7) is 7.82. The number of hydrogen-bond acceptors (Lipinski definition) is 5. The lowest BCUT2D eigenvalue weighted by Crippen LogP contribution is -2.36. The number of benzene rings is 2. The van der Waals surface area contributed by atoms with Gasteiger partial charge in [-0.25, -0.2) is 9.38 Å². The number of hydrogen-bond donors (Lipinski definition) is 0. The predicted molar refractivity (Wildman–Crippen MR) is 121 cm³/mol. The molecule has 2 aliphatic heterocycles. The third-order valence-electron chi connectivity index (χ3n) is 5.13. The van der Waals surface area contributed by atoms with Crippen LogP contribution in [0, 0.1) is 12.7 Å². The molecule has 30 heavy (non-hydrogen) atoms. The van der Waals surface area contributed by atoms with Gasteiger partial charge in [-0.2, -0.15) is 0 Å². The van der Waals surface area contributed by atoms with E-state index in [0.717, 1.165) is 31.9 Å². The molecule has 0 atom stereocenters. The number of aliphatic imine (C=N–C) groups is 1. The number of likely N-dealkylation sites (N-methyl/N-ethyl adjacent to an activating group) is 1. The number of nitrogens with zero attached hydrogens (tertiary/aromatic N) is 3. The number of amidine groups is 1. The van der Waals surface area contributed by atoms with Gasteiger partial charge < -0.3 is 9.64 Å². The number of halogens is 1. The van der Waals surface area contributed by atoms with Gasteiger partial charge in [-0.3, -0.25) is 9.69 Å². The smallest absolute Gasteiger partial charge is 0.266 e. The van der Waals surface area contributed by atoms with Crippen LogP contribution in [0.3, 0.4) is 0 Å². The van der Waals surface area contributed by atoms with E-state index >= 15 is 0 Å². The molecule has 156 valence electrons. The zero-order valence-electron chi connectivity index (χ0n) is 17.1. The molecule has 7 heteroatoms. The molecule has 1 amide bonds. The molecule has 0 aliphatic carbocycles. The van der Waals surface area contributed by atoms with Crippen molar-refractivity contribution in [1.82, 2.24) is 4.90 Å². The Balaban J connectivity index is 1.58. The quantitative estimate of drug-likeness (QED) is 0.672. The molecule has 5 nitrogen and oxygen atoms in total. The van der Waals surface area contributed by atoms with Crippen molar-refractivity contribution in [3.63, 3.8) is 0 Å². The highest BCUT2D eigenvalue weighted by Crippen LogP contribution is 2.34. The molecule has 4 rings (SSSR count). The summed E-state index contributed by atoms with van der Waals surface area (Å²) >= 11 is 1.35. The van der Waals surface area contributed by atoms with E-state index < -0.39 is 0 Å². The van der Waals surface area contributed by atoms with E-state index in [1.807, 2.05) is 19.1 Å². The van der Waals surface area contributed by atoms with Gasteiger partial charge in [0.25, 0.3) is 5.91 Å².